The molecule has 2 aromatic rings. The first-order valence-corrected chi connectivity index (χ1v) is 7.56. The number of aromatic hydroxyl groups is 1. The van der Waals surface area contributed by atoms with Gasteiger partial charge in [0.2, 0.25) is 6.79 Å². The topological polar surface area (TPSA) is 80.2 Å². The van der Waals surface area contributed by atoms with Crippen LogP contribution in [-0.2, 0) is 0 Å². The number of benzene rings is 2. The smallest absolute Gasteiger partial charge is 0.271 e. The molecule has 3 rings (SSSR count). The van der Waals surface area contributed by atoms with Gasteiger partial charge < -0.3 is 14.6 Å². The number of rotatable bonds is 3. The second-order valence-electron chi connectivity index (χ2n) is 4.93. The minimum Gasteiger partial charge on any atom is -0.507 e. The number of hydrazone groups is 1. The monoisotopic (exact) mass is 376 g/mol. The molecule has 23 heavy (non-hydrogen) atoms. The number of fused-ring (bicyclic) bond motifs is 1. The van der Waals surface area contributed by atoms with Crippen LogP contribution in [0.5, 0.6) is 17.2 Å². The Balaban J connectivity index is 1.72. The Bertz CT molecular complexity index is 805. The summed E-state index contributed by atoms with van der Waals surface area (Å²) >= 11 is 3.35. The number of halogens is 1. The molecule has 2 aromatic carbocycles. The van der Waals surface area contributed by atoms with Crippen molar-refractivity contribution in [2.75, 3.05) is 6.79 Å². The van der Waals surface area contributed by atoms with Crippen molar-refractivity contribution >= 4 is 28.1 Å². The normalized spacial score (nSPS) is 12.6. The maximum atomic E-state index is 12.1. The Morgan fingerprint density at radius 1 is 1.30 bits per heavy atom. The Labute approximate surface area is 140 Å². The molecule has 1 aliphatic rings. The lowest BCUT2D eigenvalue weighted by Crippen LogP contribution is -2.17. The molecular weight excluding hydrogens is 364 g/mol. The molecule has 0 aliphatic carbocycles. The SMILES string of the molecule is Cc1cc(Br)cc(/C=N/NC(=O)c2ccc3c(c2)OCO3)c1O. The molecule has 1 amide bonds. The van der Waals surface area contributed by atoms with Gasteiger partial charge in [-0.15, -0.1) is 0 Å². The summed E-state index contributed by atoms with van der Waals surface area (Å²) in [7, 11) is 0. The van der Waals surface area contributed by atoms with E-state index in [1.807, 2.05) is 0 Å². The van der Waals surface area contributed by atoms with Gasteiger partial charge in [0, 0.05) is 15.6 Å². The van der Waals surface area contributed by atoms with Crippen LogP contribution in [0.4, 0.5) is 0 Å². The third kappa shape index (κ3) is 3.29. The molecule has 2 N–H and O–H groups in total. The predicted molar refractivity (Wildman–Crippen MR) is 88.2 cm³/mol. The van der Waals surface area contributed by atoms with Crippen LogP contribution in [0.25, 0.3) is 0 Å². The first kappa shape index (κ1) is 15.4. The number of phenolic OH excluding ortho intramolecular Hbond substituents is 1. The summed E-state index contributed by atoms with van der Waals surface area (Å²) in [4.78, 5) is 12.1. The van der Waals surface area contributed by atoms with Gasteiger partial charge in [0.25, 0.3) is 5.91 Å². The van der Waals surface area contributed by atoms with Crippen LogP contribution in [0.15, 0.2) is 39.9 Å². The Hall–Kier alpha value is -2.54. The molecule has 0 spiro atoms. The van der Waals surface area contributed by atoms with E-state index in [4.69, 9.17) is 9.47 Å². The van der Waals surface area contributed by atoms with Crippen LogP contribution in [-0.4, -0.2) is 24.0 Å². The number of nitrogens with one attached hydrogen (secondary N) is 1. The van der Waals surface area contributed by atoms with Gasteiger partial charge in [-0.05, 0) is 42.8 Å². The van der Waals surface area contributed by atoms with Gasteiger partial charge >= 0.3 is 0 Å². The molecule has 0 saturated heterocycles. The van der Waals surface area contributed by atoms with Crippen LogP contribution in [0.2, 0.25) is 0 Å². The van der Waals surface area contributed by atoms with Crippen molar-refractivity contribution in [1.29, 1.82) is 0 Å². The van der Waals surface area contributed by atoms with E-state index in [9.17, 15) is 9.90 Å². The lowest BCUT2D eigenvalue weighted by molar-refractivity contribution is 0.0954. The highest BCUT2D eigenvalue weighted by Crippen LogP contribution is 2.32. The number of amides is 1. The van der Waals surface area contributed by atoms with Crippen molar-refractivity contribution in [2.45, 2.75) is 6.92 Å². The summed E-state index contributed by atoms with van der Waals surface area (Å²) < 4.78 is 11.2. The number of ether oxygens (including phenoxy) is 2. The molecule has 0 aromatic heterocycles. The number of hydrogen-bond donors (Lipinski definition) is 2. The highest BCUT2D eigenvalue weighted by atomic mass is 79.9. The van der Waals surface area contributed by atoms with Gasteiger partial charge in [0.1, 0.15) is 5.75 Å². The van der Waals surface area contributed by atoms with Crippen molar-refractivity contribution in [1.82, 2.24) is 5.43 Å². The fourth-order valence-corrected chi connectivity index (χ4v) is 2.71. The Morgan fingerprint density at radius 2 is 2.09 bits per heavy atom. The Kier molecular flexibility index (Phi) is 4.20. The summed E-state index contributed by atoms with van der Waals surface area (Å²) in [5.41, 5.74) is 4.03. The van der Waals surface area contributed by atoms with Crippen LogP contribution < -0.4 is 14.9 Å². The number of carbonyl (C=O) groups is 1. The minimum atomic E-state index is -0.384. The van der Waals surface area contributed by atoms with E-state index >= 15 is 0 Å². The fourth-order valence-electron chi connectivity index (χ4n) is 2.12. The average molecular weight is 377 g/mol. The lowest BCUT2D eigenvalue weighted by atomic mass is 10.1. The van der Waals surface area contributed by atoms with Gasteiger partial charge in [-0.3, -0.25) is 4.79 Å². The molecule has 1 aliphatic heterocycles. The van der Waals surface area contributed by atoms with Crippen molar-refractivity contribution < 1.29 is 19.4 Å². The molecule has 0 fully saturated rings. The first-order valence-electron chi connectivity index (χ1n) is 6.77. The lowest BCUT2D eigenvalue weighted by Gasteiger charge is -2.04. The van der Waals surface area contributed by atoms with Crippen molar-refractivity contribution in [3.63, 3.8) is 0 Å². The quantitative estimate of drug-likeness (QED) is 0.637. The van der Waals surface area contributed by atoms with Crippen LogP contribution >= 0.6 is 15.9 Å². The summed E-state index contributed by atoms with van der Waals surface area (Å²) in [5.74, 6) is 0.876. The van der Waals surface area contributed by atoms with Gasteiger partial charge in [-0.1, -0.05) is 15.9 Å². The fraction of sp³-hybridized carbons (Fsp3) is 0.125. The first-order chi connectivity index (χ1) is 11.0. The molecule has 0 atom stereocenters. The van der Waals surface area contributed by atoms with Crippen molar-refractivity contribution in [3.05, 3.63) is 51.5 Å². The highest BCUT2D eigenvalue weighted by Gasteiger charge is 2.15. The van der Waals surface area contributed by atoms with E-state index in [1.54, 1.807) is 37.3 Å². The van der Waals surface area contributed by atoms with Crippen molar-refractivity contribution in [3.8, 4) is 17.2 Å². The maximum Gasteiger partial charge on any atom is 0.271 e. The zero-order valence-electron chi connectivity index (χ0n) is 12.2. The van der Waals surface area contributed by atoms with Gasteiger partial charge in [-0.25, -0.2) is 5.43 Å². The Morgan fingerprint density at radius 3 is 2.91 bits per heavy atom. The number of aryl methyl sites for hydroxylation is 1. The summed E-state index contributed by atoms with van der Waals surface area (Å²) in [6, 6.07) is 8.38. The van der Waals surface area contributed by atoms with Gasteiger partial charge in [0.15, 0.2) is 11.5 Å². The second-order valence-corrected chi connectivity index (χ2v) is 5.84. The van der Waals surface area contributed by atoms with Crippen molar-refractivity contribution in [2.24, 2.45) is 5.10 Å². The molecule has 1 heterocycles. The zero-order chi connectivity index (χ0) is 16.4. The van der Waals surface area contributed by atoms with E-state index in [2.05, 4.69) is 26.5 Å². The van der Waals surface area contributed by atoms with E-state index in [0.717, 1.165) is 4.47 Å². The number of nitrogens with zero attached hydrogens (tertiary/aromatic N) is 1. The average Bonchev–Trinajstić information content (AvgIpc) is 2.99. The van der Waals surface area contributed by atoms with E-state index in [1.165, 1.54) is 6.21 Å². The number of phenols is 1. The van der Waals surface area contributed by atoms with E-state index < -0.39 is 0 Å². The highest BCUT2D eigenvalue weighted by molar-refractivity contribution is 9.10. The second kappa shape index (κ2) is 6.29. The summed E-state index contributed by atoms with van der Waals surface area (Å²) in [5, 5.41) is 13.8. The largest absolute Gasteiger partial charge is 0.507 e. The number of hydrogen-bond acceptors (Lipinski definition) is 5. The molecule has 6 nitrogen and oxygen atoms in total. The third-order valence-corrected chi connectivity index (χ3v) is 3.76. The van der Waals surface area contributed by atoms with E-state index in [0.29, 0.717) is 28.2 Å². The molecule has 0 unspecified atom stereocenters. The van der Waals surface area contributed by atoms with E-state index in [-0.39, 0.29) is 18.4 Å². The zero-order valence-corrected chi connectivity index (χ0v) is 13.8. The third-order valence-electron chi connectivity index (χ3n) is 3.30. The van der Waals surface area contributed by atoms with Gasteiger partial charge in [0.05, 0.1) is 6.21 Å². The standard InChI is InChI=1S/C16H13BrN2O4/c1-9-4-12(17)5-11(15(9)20)7-18-19-16(21)10-2-3-13-14(6-10)23-8-22-13/h2-7,20H,8H2,1H3,(H,19,21)/b18-7+. The summed E-state index contributed by atoms with van der Waals surface area (Å²) in [6.07, 6.45) is 1.39. The van der Waals surface area contributed by atoms with Crippen LogP contribution in [0, 0.1) is 6.92 Å². The number of carbonyl (C=O) groups excluding carboxylic acids is 1. The molecular formula is C16H13BrN2O4. The van der Waals surface area contributed by atoms with Gasteiger partial charge in [-0.2, -0.15) is 5.10 Å². The molecule has 0 saturated carbocycles. The molecule has 7 heteroatoms. The molecule has 0 radical (unpaired) electrons. The molecule has 0 bridgehead atoms. The summed E-state index contributed by atoms with van der Waals surface area (Å²) in [6.45, 7) is 1.93. The predicted octanol–water partition coefficient (Wildman–Crippen LogP) is 2.96. The maximum absolute atomic E-state index is 12.1. The van der Waals surface area contributed by atoms with Crippen LogP contribution in [0.3, 0.4) is 0 Å². The van der Waals surface area contributed by atoms with Crippen LogP contribution in [0.1, 0.15) is 21.5 Å². The minimum absolute atomic E-state index is 0.120. The molecule has 118 valence electrons.